The second-order valence-electron chi connectivity index (χ2n) is 5.86. The van der Waals surface area contributed by atoms with Crippen LogP contribution in [0.3, 0.4) is 0 Å². The van der Waals surface area contributed by atoms with E-state index in [1.165, 1.54) is 0 Å². The maximum absolute atomic E-state index is 12.4. The van der Waals surface area contributed by atoms with E-state index in [4.69, 9.17) is 11.6 Å². The highest BCUT2D eigenvalue weighted by molar-refractivity contribution is 14.1. The first-order valence-electron chi connectivity index (χ1n) is 8.21. The fourth-order valence-corrected chi connectivity index (χ4v) is 3.49. The monoisotopic (exact) mass is 484 g/mol. The highest BCUT2D eigenvalue weighted by Gasteiger charge is 2.22. The van der Waals surface area contributed by atoms with Crippen molar-refractivity contribution in [3.8, 4) is 0 Å². The Hall–Kier alpha value is -1.87. The lowest BCUT2D eigenvalue weighted by atomic mass is 10.2. The molecule has 0 bridgehead atoms. The van der Waals surface area contributed by atoms with Gasteiger partial charge in [0, 0.05) is 35.9 Å². The van der Waals surface area contributed by atoms with Crippen LogP contribution in [0.2, 0.25) is 5.02 Å². The molecule has 0 spiro atoms. The lowest BCUT2D eigenvalue weighted by molar-refractivity contribution is -0.130. The van der Waals surface area contributed by atoms with E-state index in [-0.39, 0.29) is 18.4 Å². The van der Waals surface area contributed by atoms with Crippen LogP contribution in [0.1, 0.15) is 10.4 Å². The van der Waals surface area contributed by atoms with Gasteiger partial charge >= 0.3 is 0 Å². The van der Waals surface area contributed by atoms with Crippen molar-refractivity contribution in [3.05, 3.63) is 56.8 Å². The zero-order valence-corrected chi connectivity index (χ0v) is 16.9. The Kier molecular flexibility index (Phi) is 6.31. The second kappa shape index (κ2) is 8.68. The van der Waals surface area contributed by atoms with Crippen molar-refractivity contribution in [2.45, 2.75) is 0 Å². The quantitative estimate of drug-likeness (QED) is 0.677. The Morgan fingerprint density at radius 3 is 2.50 bits per heavy atom. The molecule has 136 valence electrons. The van der Waals surface area contributed by atoms with Gasteiger partial charge in [-0.05, 0) is 46.9 Å². The van der Waals surface area contributed by atoms with Gasteiger partial charge in [0.1, 0.15) is 5.82 Å². The third kappa shape index (κ3) is 4.64. The predicted octanol–water partition coefficient (Wildman–Crippen LogP) is 2.42. The molecule has 1 aliphatic heterocycles. The molecule has 1 aromatic heterocycles. The third-order valence-electron chi connectivity index (χ3n) is 4.19. The van der Waals surface area contributed by atoms with E-state index in [2.05, 4.69) is 37.8 Å². The molecule has 26 heavy (non-hydrogen) atoms. The van der Waals surface area contributed by atoms with Gasteiger partial charge in [-0.1, -0.05) is 23.7 Å². The first-order valence-corrected chi connectivity index (χ1v) is 9.67. The molecular formula is C18H18ClIN4O2. The number of pyridine rings is 1. The number of piperazine rings is 1. The van der Waals surface area contributed by atoms with Crippen molar-refractivity contribution in [3.63, 3.8) is 0 Å². The van der Waals surface area contributed by atoms with Gasteiger partial charge in [0.2, 0.25) is 5.91 Å². The van der Waals surface area contributed by atoms with Crippen molar-refractivity contribution < 1.29 is 9.59 Å². The Bertz CT molecular complexity index is 792. The number of nitrogens with one attached hydrogen (secondary N) is 1. The average molecular weight is 485 g/mol. The molecule has 0 aliphatic carbocycles. The fourth-order valence-electron chi connectivity index (χ4n) is 2.75. The SMILES string of the molecule is O=C(NCC(=O)N1CCN(c2ccc(Cl)cn2)CC1)c1ccccc1I. The van der Waals surface area contributed by atoms with E-state index in [0.717, 1.165) is 9.39 Å². The minimum Gasteiger partial charge on any atom is -0.353 e. The molecule has 2 aromatic rings. The van der Waals surface area contributed by atoms with Gasteiger partial charge < -0.3 is 15.1 Å². The minimum absolute atomic E-state index is 0.00298. The molecule has 6 nitrogen and oxygen atoms in total. The fraction of sp³-hybridized carbons (Fsp3) is 0.278. The highest BCUT2D eigenvalue weighted by Crippen LogP contribution is 2.16. The molecule has 0 saturated carbocycles. The molecule has 1 saturated heterocycles. The average Bonchev–Trinajstić information content (AvgIpc) is 2.67. The van der Waals surface area contributed by atoms with Crippen molar-refractivity contribution >= 4 is 51.8 Å². The zero-order chi connectivity index (χ0) is 18.5. The maximum atomic E-state index is 12.4. The largest absolute Gasteiger partial charge is 0.353 e. The van der Waals surface area contributed by atoms with E-state index < -0.39 is 0 Å². The molecular weight excluding hydrogens is 467 g/mol. The van der Waals surface area contributed by atoms with E-state index in [1.807, 2.05) is 30.3 Å². The van der Waals surface area contributed by atoms with Crippen LogP contribution in [-0.4, -0.2) is 54.4 Å². The second-order valence-corrected chi connectivity index (χ2v) is 7.46. The Balaban J connectivity index is 1.48. The number of nitrogens with zero attached hydrogens (tertiary/aromatic N) is 3. The Morgan fingerprint density at radius 1 is 1.12 bits per heavy atom. The molecule has 0 atom stereocenters. The van der Waals surface area contributed by atoms with E-state index in [1.54, 1.807) is 17.2 Å². The van der Waals surface area contributed by atoms with Gasteiger partial charge in [0.15, 0.2) is 0 Å². The number of hydrogen-bond acceptors (Lipinski definition) is 4. The van der Waals surface area contributed by atoms with Crippen LogP contribution < -0.4 is 10.2 Å². The predicted molar refractivity (Wildman–Crippen MR) is 110 cm³/mol. The molecule has 2 heterocycles. The summed E-state index contributed by atoms with van der Waals surface area (Å²) >= 11 is 7.97. The molecule has 0 unspecified atom stereocenters. The Labute approximate surface area is 170 Å². The maximum Gasteiger partial charge on any atom is 0.252 e. The summed E-state index contributed by atoms with van der Waals surface area (Å²) in [5, 5.41) is 3.31. The van der Waals surface area contributed by atoms with Gasteiger partial charge in [0.25, 0.3) is 5.91 Å². The summed E-state index contributed by atoms with van der Waals surface area (Å²) in [6.45, 7) is 2.60. The standard InChI is InChI=1S/C18H18ClIN4O2/c19-13-5-6-16(21-11-13)23-7-9-24(10-8-23)17(25)12-22-18(26)14-3-1-2-4-15(14)20/h1-6,11H,7-10,12H2,(H,22,26). The zero-order valence-electron chi connectivity index (χ0n) is 14.0. The van der Waals surface area contributed by atoms with E-state index in [0.29, 0.717) is 36.8 Å². The molecule has 1 N–H and O–H groups in total. The molecule has 2 amide bonds. The summed E-state index contributed by atoms with van der Waals surface area (Å²) in [5.41, 5.74) is 0.583. The van der Waals surface area contributed by atoms with Crippen LogP contribution in [0.25, 0.3) is 0 Å². The van der Waals surface area contributed by atoms with Crippen molar-refractivity contribution in [1.82, 2.24) is 15.2 Å². The lowest BCUT2D eigenvalue weighted by Crippen LogP contribution is -2.51. The summed E-state index contributed by atoms with van der Waals surface area (Å²) in [5.74, 6) is 0.550. The first kappa shape index (κ1) is 18.9. The summed E-state index contributed by atoms with van der Waals surface area (Å²) in [6.07, 6.45) is 1.62. The summed E-state index contributed by atoms with van der Waals surface area (Å²) in [7, 11) is 0. The number of carbonyl (C=O) groups excluding carboxylic acids is 2. The highest BCUT2D eigenvalue weighted by atomic mass is 127. The van der Waals surface area contributed by atoms with Crippen molar-refractivity contribution in [2.24, 2.45) is 0 Å². The molecule has 3 rings (SSSR count). The third-order valence-corrected chi connectivity index (χ3v) is 5.35. The lowest BCUT2D eigenvalue weighted by Gasteiger charge is -2.35. The van der Waals surface area contributed by atoms with Gasteiger partial charge in [-0.3, -0.25) is 9.59 Å². The first-order chi connectivity index (χ1) is 12.5. The van der Waals surface area contributed by atoms with E-state index in [9.17, 15) is 9.59 Å². The number of rotatable bonds is 4. The van der Waals surface area contributed by atoms with E-state index >= 15 is 0 Å². The number of aromatic nitrogens is 1. The number of carbonyl (C=O) groups is 2. The molecule has 0 radical (unpaired) electrons. The van der Waals surface area contributed by atoms with Gasteiger partial charge in [-0.2, -0.15) is 0 Å². The summed E-state index contributed by atoms with van der Waals surface area (Å²) in [6, 6.07) is 11.0. The van der Waals surface area contributed by atoms with Gasteiger partial charge in [-0.25, -0.2) is 4.98 Å². The van der Waals surface area contributed by atoms with Crippen LogP contribution in [-0.2, 0) is 4.79 Å². The molecule has 1 aromatic carbocycles. The van der Waals surface area contributed by atoms with Gasteiger partial charge in [0.05, 0.1) is 17.1 Å². The number of halogens is 2. The number of hydrogen-bond donors (Lipinski definition) is 1. The number of benzene rings is 1. The number of amides is 2. The van der Waals surface area contributed by atoms with Crippen LogP contribution in [0.5, 0.6) is 0 Å². The molecule has 1 aliphatic rings. The number of anilines is 1. The van der Waals surface area contributed by atoms with Crippen LogP contribution >= 0.6 is 34.2 Å². The van der Waals surface area contributed by atoms with Gasteiger partial charge in [-0.15, -0.1) is 0 Å². The minimum atomic E-state index is -0.229. The normalized spacial score (nSPS) is 14.2. The summed E-state index contributed by atoms with van der Waals surface area (Å²) < 4.78 is 0.860. The Morgan fingerprint density at radius 2 is 1.85 bits per heavy atom. The smallest absolute Gasteiger partial charge is 0.252 e. The van der Waals surface area contributed by atoms with Crippen molar-refractivity contribution in [2.75, 3.05) is 37.6 Å². The molecule has 1 fully saturated rings. The topological polar surface area (TPSA) is 65.5 Å². The summed E-state index contributed by atoms with van der Waals surface area (Å²) in [4.78, 5) is 32.8. The van der Waals surface area contributed by atoms with Crippen molar-refractivity contribution in [1.29, 1.82) is 0 Å². The van der Waals surface area contributed by atoms with Crippen LogP contribution in [0, 0.1) is 3.57 Å². The van der Waals surface area contributed by atoms with Crippen LogP contribution in [0.4, 0.5) is 5.82 Å². The van der Waals surface area contributed by atoms with Crippen LogP contribution in [0.15, 0.2) is 42.6 Å². The molecule has 8 heteroatoms.